The minimum atomic E-state index is -3.75. The number of phenols is 1. The summed E-state index contributed by atoms with van der Waals surface area (Å²) in [5.74, 6) is -0.158. The fraction of sp³-hybridized carbons (Fsp3) is 0.417. The number of benzene rings is 1. The average Bonchev–Trinajstić information content (AvgIpc) is 2.91. The summed E-state index contributed by atoms with van der Waals surface area (Å²) in [6.07, 6.45) is 0.782. The maximum absolute atomic E-state index is 12.4. The summed E-state index contributed by atoms with van der Waals surface area (Å²) in [5, 5.41) is 18.4. The van der Waals surface area contributed by atoms with Crippen LogP contribution in [0.1, 0.15) is 16.8 Å². The molecule has 1 atom stereocenters. The number of carbonyl (C=O) groups is 1. The molecule has 0 spiro atoms. The second-order valence-corrected chi connectivity index (χ2v) is 7.67. The lowest BCUT2D eigenvalue weighted by atomic mass is 10.2. The molecule has 1 aliphatic heterocycles. The monoisotopic (exact) mass is 317 g/mol. The van der Waals surface area contributed by atoms with Crippen LogP contribution in [0.25, 0.3) is 0 Å². The number of aromatic hydroxyl groups is 1. The molecule has 0 radical (unpaired) electrons. The van der Waals surface area contributed by atoms with Crippen LogP contribution in [-0.2, 0) is 10.0 Å². The fourth-order valence-corrected chi connectivity index (χ4v) is 4.79. The lowest BCUT2D eigenvalue weighted by Crippen LogP contribution is -2.37. The summed E-state index contributed by atoms with van der Waals surface area (Å²) in [4.78, 5) is 10.8. The van der Waals surface area contributed by atoms with Crippen molar-refractivity contribution in [3.63, 3.8) is 0 Å². The van der Waals surface area contributed by atoms with E-state index in [0.29, 0.717) is 0 Å². The molecule has 0 aliphatic carbocycles. The van der Waals surface area contributed by atoms with Gasteiger partial charge in [0, 0.05) is 18.8 Å². The van der Waals surface area contributed by atoms with Gasteiger partial charge in [0.15, 0.2) is 0 Å². The summed E-state index contributed by atoms with van der Waals surface area (Å²) in [7, 11) is -2.25. The van der Waals surface area contributed by atoms with Gasteiger partial charge in [0.2, 0.25) is 10.0 Å². The van der Waals surface area contributed by atoms with Crippen molar-refractivity contribution < 1.29 is 23.4 Å². The Bertz CT molecular complexity index is 623. The smallest absolute Gasteiger partial charge is 0.339 e. The van der Waals surface area contributed by atoms with Gasteiger partial charge < -0.3 is 10.2 Å². The summed E-state index contributed by atoms with van der Waals surface area (Å²) < 4.78 is 26.2. The highest BCUT2D eigenvalue weighted by atomic mass is 32.2. The predicted molar refractivity (Wildman–Crippen MR) is 75.7 cm³/mol. The van der Waals surface area contributed by atoms with E-state index >= 15 is 0 Å². The highest BCUT2D eigenvalue weighted by Crippen LogP contribution is 2.28. The third-order valence-electron chi connectivity index (χ3n) is 3.30. The van der Waals surface area contributed by atoms with Gasteiger partial charge in [-0.1, -0.05) is 0 Å². The van der Waals surface area contributed by atoms with E-state index in [1.54, 1.807) is 11.8 Å². The summed E-state index contributed by atoms with van der Waals surface area (Å²) >= 11 is 1.69. The largest absolute Gasteiger partial charge is 0.507 e. The van der Waals surface area contributed by atoms with Gasteiger partial charge in [-0.3, -0.25) is 0 Å². The van der Waals surface area contributed by atoms with E-state index in [9.17, 15) is 18.3 Å². The van der Waals surface area contributed by atoms with Crippen molar-refractivity contribution in [3.05, 3.63) is 23.8 Å². The number of rotatable bonds is 4. The normalized spacial score (nSPS) is 19.4. The number of carboxylic acids is 1. The molecule has 1 aliphatic rings. The number of thioether (sulfide) groups is 1. The first-order chi connectivity index (χ1) is 9.34. The molecular formula is C12H15NO5S2. The average molecular weight is 317 g/mol. The Kier molecular flexibility index (Phi) is 4.26. The van der Waals surface area contributed by atoms with E-state index in [0.717, 1.165) is 30.1 Å². The quantitative estimate of drug-likeness (QED) is 0.867. The van der Waals surface area contributed by atoms with Crippen LogP contribution in [0.3, 0.4) is 0 Å². The Labute approximate surface area is 121 Å². The van der Waals surface area contributed by atoms with Crippen LogP contribution >= 0.6 is 11.8 Å². The number of carboxylic acid groups (broad SMARTS) is 1. The number of hydrogen-bond acceptors (Lipinski definition) is 5. The molecule has 1 fully saturated rings. The molecule has 20 heavy (non-hydrogen) atoms. The van der Waals surface area contributed by atoms with Crippen LogP contribution < -0.4 is 0 Å². The van der Waals surface area contributed by atoms with Crippen LogP contribution in [0.5, 0.6) is 5.75 Å². The Balaban J connectivity index is 2.38. The maximum Gasteiger partial charge on any atom is 0.339 e. The molecule has 2 rings (SSSR count). The first-order valence-electron chi connectivity index (χ1n) is 5.96. The molecule has 0 amide bonds. The lowest BCUT2D eigenvalue weighted by molar-refractivity contribution is 0.0693. The third kappa shape index (κ3) is 2.77. The van der Waals surface area contributed by atoms with E-state index in [1.165, 1.54) is 17.4 Å². The Morgan fingerprint density at radius 3 is 2.70 bits per heavy atom. The highest BCUT2D eigenvalue weighted by molar-refractivity contribution is 7.99. The van der Waals surface area contributed by atoms with Gasteiger partial charge in [-0.2, -0.15) is 16.1 Å². The zero-order valence-electron chi connectivity index (χ0n) is 10.8. The van der Waals surface area contributed by atoms with Crippen molar-refractivity contribution in [1.82, 2.24) is 4.31 Å². The molecule has 0 saturated carbocycles. The van der Waals surface area contributed by atoms with Crippen LogP contribution in [0.15, 0.2) is 23.1 Å². The topological polar surface area (TPSA) is 94.9 Å². The number of nitrogens with zero attached hydrogens (tertiary/aromatic N) is 1. The van der Waals surface area contributed by atoms with Crippen LogP contribution in [-0.4, -0.2) is 53.5 Å². The minimum absolute atomic E-state index is 0.0768. The molecule has 0 aromatic heterocycles. The Morgan fingerprint density at radius 1 is 1.45 bits per heavy atom. The van der Waals surface area contributed by atoms with E-state index < -0.39 is 27.3 Å². The molecule has 1 aromatic carbocycles. The zero-order valence-corrected chi connectivity index (χ0v) is 12.4. The van der Waals surface area contributed by atoms with Gasteiger partial charge in [0.1, 0.15) is 11.3 Å². The first-order valence-corrected chi connectivity index (χ1v) is 8.55. The van der Waals surface area contributed by atoms with Gasteiger partial charge in [-0.25, -0.2) is 13.2 Å². The molecule has 110 valence electrons. The molecule has 8 heteroatoms. The van der Waals surface area contributed by atoms with Gasteiger partial charge >= 0.3 is 5.97 Å². The molecule has 2 N–H and O–H groups in total. The van der Waals surface area contributed by atoms with Gasteiger partial charge in [-0.15, -0.1) is 0 Å². The van der Waals surface area contributed by atoms with Crippen LogP contribution in [0, 0.1) is 0 Å². The molecular weight excluding hydrogens is 302 g/mol. The van der Waals surface area contributed by atoms with Crippen molar-refractivity contribution in [2.24, 2.45) is 0 Å². The molecule has 1 heterocycles. The minimum Gasteiger partial charge on any atom is -0.507 e. The van der Waals surface area contributed by atoms with Crippen molar-refractivity contribution in [2.45, 2.75) is 17.4 Å². The zero-order chi connectivity index (χ0) is 14.9. The highest BCUT2D eigenvalue weighted by Gasteiger charge is 2.31. The molecule has 6 nitrogen and oxygen atoms in total. The molecule has 1 saturated heterocycles. The fourth-order valence-electron chi connectivity index (χ4n) is 2.02. The summed E-state index contributed by atoms with van der Waals surface area (Å²) in [6.45, 7) is 0. The predicted octanol–water partition coefficient (Wildman–Crippen LogP) is 1.22. The number of aromatic carboxylic acids is 1. The molecule has 0 bridgehead atoms. The SMILES string of the molecule is CN(C1CCSC1)S(=O)(=O)c1ccc(O)c(C(=O)O)c1. The van der Waals surface area contributed by atoms with Crippen molar-refractivity contribution in [1.29, 1.82) is 0 Å². The first kappa shape index (κ1) is 15.1. The van der Waals surface area contributed by atoms with Gasteiger partial charge in [0.25, 0.3) is 0 Å². The summed E-state index contributed by atoms with van der Waals surface area (Å²) in [5.41, 5.74) is -0.416. The third-order valence-corrected chi connectivity index (χ3v) is 6.35. The van der Waals surface area contributed by atoms with Crippen molar-refractivity contribution in [3.8, 4) is 5.75 Å². The standard InChI is InChI=1S/C12H15NO5S2/c1-13(8-4-5-19-7-8)20(17,18)9-2-3-11(14)10(6-9)12(15)16/h2-3,6,8,14H,4-5,7H2,1H3,(H,15,16). The number of hydrogen-bond donors (Lipinski definition) is 2. The van der Waals surface area contributed by atoms with Gasteiger partial charge in [0.05, 0.1) is 4.90 Å². The van der Waals surface area contributed by atoms with E-state index in [-0.39, 0.29) is 10.9 Å². The van der Waals surface area contributed by atoms with Crippen LogP contribution in [0.4, 0.5) is 0 Å². The van der Waals surface area contributed by atoms with E-state index in [2.05, 4.69) is 0 Å². The number of sulfonamides is 1. The van der Waals surface area contributed by atoms with Crippen molar-refractivity contribution >= 4 is 27.8 Å². The molecule has 1 unspecified atom stereocenters. The second-order valence-electron chi connectivity index (χ2n) is 4.52. The van der Waals surface area contributed by atoms with Gasteiger partial charge in [-0.05, 0) is 30.4 Å². The maximum atomic E-state index is 12.4. The lowest BCUT2D eigenvalue weighted by Gasteiger charge is -2.23. The Hall–Kier alpha value is -1.25. The Morgan fingerprint density at radius 2 is 2.15 bits per heavy atom. The summed E-state index contributed by atoms with van der Waals surface area (Å²) in [6, 6.07) is 3.22. The molecule has 1 aromatic rings. The van der Waals surface area contributed by atoms with E-state index in [1.807, 2.05) is 0 Å². The van der Waals surface area contributed by atoms with Crippen molar-refractivity contribution in [2.75, 3.05) is 18.6 Å². The van der Waals surface area contributed by atoms with Crippen LogP contribution in [0.2, 0.25) is 0 Å². The van der Waals surface area contributed by atoms with E-state index in [4.69, 9.17) is 5.11 Å². The second kappa shape index (κ2) is 5.63.